The fraction of sp³-hybridized carbons (Fsp3) is 0.318. The molecule has 0 bridgehead atoms. The van der Waals surface area contributed by atoms with Crippen molar-refractivity contribution in [2.75, 3.05) is 13.1 Å². The molecule has 5 heteroatoms. The molecule has 140 valence electrons. The lowest BCUT2D eigenvalue weighted by Crippen LogP contribution is -2.48. The third-order valence-electron chi connectivity index (χ3n) is 4.68. The minimum Gasteiger partial charge on any atom is -0.487 e. The minimum atomic E-state index is 0.0289. The summed E-state index contributed by atoms with van der Waals surface area (Å²) in [6.07, 6.45) is 0.0848. The van der Waals surface area contributed by atoms with Crippen molar-refractivity contribution in [1.29, 1.82) is 0 Å². The molecule has 2 atom stereocenters. The molecule has 1 aliphatic heterocycles. The van der Waals surface area contributed by atoms with E-state index in [4.69, 9.17) is 9.47 Å². The summed E-state index contributed by atoms with van der Waals surface area (Å²) in [7, 11) is 0. The van der Waals surface area contributed by atoms with Crippen LogP contribution in [0.5, 0.6) is 5.75 Å². The third-order valence-corrected chi connectivity index (χ3v) is 5.82. The number of carbonyl (C=O) groups excluding carboxylic acids is 1. The molecule has 0 radical (unpaired) electrons. The number of fused-ring (bicyclic) bond motifs is 1. The number of thiophene rings is 1. The predicted octanol–water partition coefficient (Wildman–Crippen LogP) is 4.73. The van der Waals surface area contributed by atoms with Gasteiger partial charge >= 0.3 is 0 Å². The molecular formula is C22H23NO3S. The highest BCUT2D eigenvalue weighted by Gasteiger charge is 2.30. The molecule has 0 aliphatic carbocycles. The lowest BCUT2D eigenvalue weighted by molar-refractivity contribution is -0.0585. The fourth-order valence-electron chi connectivity index (χ4n) is 3.52. The third kappa shape index (κ3) is 3.84. The summed E-state index contributed by atoms with van der Waals surface area (Å²) >= 11 is 1.51. The van der Waals surface area contributed by atoms with E-state index in [1.807, 2.05) is 73.3 Å². The van der Waals surface area contributed by atoms with E-state index in [1.165, 1.54) is 11.3 Å². The molecule has 0 saturated carbocycles. The Morgan fingerprint density at radius 3 is 2.48 bits per heavy atom. The number of hydrogen-bond acceptors (Lipinski definition) is 4. The molecule has 0 N–H and O–H groups in total. The second-order valence-corrected chi connectivity index (χ2v) is 8.05. The molecule has 1 saturated heterocycles. The smallest absolute Gasteiger partial charge is 0.267 e. The van der Waals surface area contributed by atoms with Crippen molar-refractivity contribution >= 4 is 27.3 Å². The SMILES string of the molecule is C[C@@H]1CN(C(=O)c2sc3ccccc3c2OCc2ccccc2)C[C@H](C)O1. The molecule has 0 spiro atoms. The normalized spacial score (nSPS) is 20.0. The van der Waals surface area contributed by atoms with Crippen molar-refractivity contribution in [3.8, 4) is 5.75 Å². The van der Waals surface area contributed by atoms with Crippen LogP contribution in [0.2, 0.25) is 0 Å². The van der Waals surface area contributed by atoms with Crippen molar-refractivity contribution < 1.29 is 14.3 Å². The van der Waals surface area contributed by atoms with Gasteiger partial charge in [0.1, 0.15) is 11.5 Å². The second-order valence-electron chi connectivity index (χ2n) is 7.00. The molecule has 1 aliphatic rings. The highest BCUT2D eigenvalue weighted by atomic mass is 32.1. The lowest BCUT2D eigenvalue weighted by Gasteiger charge is -2.35. The van der Waals surface area contributed by atoms with E-state index < -0.39 is 0 Å². The maximum atomic E-state index is 13.3. The van der Waals surface area contributed by atoms with Gasteiger partial charge in [0, 0.05) is 23.2 Å². The van der Waals surface area contributed by atoms with E-state index in [-0.39, 0.29) is 18.1 Å². The fourth-order valence-corrected chi connectivity index (χ4v) is 4.64. The summed E-state index contributed by atoms with van der Waals surface area (Å²) in [6.45, 7) is 5.67. The van der Waals surface area contributed by atoms with Crippen molar-refractivity contribution in [3.05, 3.63) is 65.0 Å². The van der Waals surface area contributed by atoms with E-state index in [1.54, 1.807) is 0 Å². The first-order valence-corrected chi connectivity index (χ1v) is 10.1. The summed E-state index contributed by atoms with van der Waals surface area (Å²) in [4.78, 5) is 15.9. The van der Waals surface area contributed by atoms with Crippen LogP contribution >= 0.6 is 11.3 Å². The molecular weight excluding hydrogens is 358 g/mol. The quantitative estimate of drug-likeness (QED) is 0.656. The van der Waals surface area contributed by atoms with Gasteiger partial charge in [0.15, 0.2) is 5.75 Å². The van der Waals surface area contributed by atoms with Crippen molar-refractivity contribution in [1.82, 2.24) is 4.90 Å². The van der Waals surface area contributed by atoms with Crippen molar-refractivity contribution in [2.24, 2.45) is 0 Å². The first-order valence-electron chi connectivity index (χ1n) is 9.25. The first kappa shape index (κ1) is 18.0. The maximum Gasteiger partial charge on any atom is 0.267 e. The minimum absolute atomic E-state index is 0.0289. The number of ether oxygens (including phenoxy) is 2. The summed E-state index contributed by atoms with van der Waals surface area (Å²) in [5.41, 5.74) is 1.08. The van der Waals surface area contributed by atoms with Crippen molar-refractivity contribution in [3.63, 3.8) is 0 Å². The standard InChI is InChI=1S/C22H23NO3S/c1-15-12-23(13-16(2)26-15)22(24)21-20(18-10-6-7-11-19(18)27-21)25-14-17-8-4-3-5-9-17/h3-11,15-16H,12-14H2,1-2H3/t15-,16+. The molecule has 4 nitrogen and oxygen atoms in total. The van der Waals surface area contributed by atoms with Crippen LogP contribution in [0.3, 0.4) is 0 Å². The van der Waals surface area contributed by atoms with Crippen LogP contribution in [-0.2, 0) is 11.3 Å². The number of nitrogens with zero attached hydrogens (tertiary/aromatic N) is 1. The van der Waals surface area contributed by atoms with Crippen LogP contribution in [0.15, 0.2) is 54.6 Å². The molecule has 1 aromatic heterocycles. The summed E-state index contributed by atoms with van der Waals surface area (Å²) in [5, 5.41) is 0.996. The number of morpholine rings is 1. The molecule has 27 heavy (non-hydrogen) atoms. The Bertz CT molecular complexity index is 927. The van der Waals surface area contributed by atoms with Gasteiger partial charge in [-0.25, -0.2) is 0 Å². The molecule has 2 heterocycles. The second kappa shape index (κ2) is 7.71. The van der Waals surface area contributed by atoms with E-state index in [2.05, 4.69) is 0 Å². The number of hydrogen-bond donors (Lipinski definition) is 0. The summed E-state index contributed by atoms with van der Waals surface area (Å²) in [6, 6.07) is 18.1. The Morgan fingerprint density at radius 1 is 1.07 bits per heavy atom. The van der Waals surface area contributed by atoms with Gasteiger partial charge < -0.3 is 14.4 Å². The van der Waals surface area contributed by atoms with Gasteiger partial charge in [0.05, 0.1) is 12.2 Å². The predicted molar refractivity (Wildman–Crippen MR) is 109 cm³/mol. The largest absolute Gasteiger partial charge is 0.487 e. The molecule has 4 rings (SSSR count). The molecule has 0 unspecified atom stereocenters. The lowest BCUT2D eigenvalue weighted by atomic mass is 10.2. The zero-order valence-electron chi connectivity index (χ0n) is 15.6. The van der Waals surface area contributed by atoms with Crippen LogP contribution in [0, 0.1) is 0 Å². The average Bonchev–Trinajstić information content (AvgIpc) is 3.04. The number of carbonyl (C=O) groups is 1. The maximum absolute atomic E-state index is 13.3. The van der Waals surface area contributed by atoms with Gasteiger partial charge in [0.2, 0.25) is 0 Å². The monoisotopic (exact) mass is 381 g/mol. The molecule has 1 fully saturated rings. The van der Waals surface area contributed by atoms with Crippen LogP contribution in [0.4, 0.5) is 0 Å². The summed E-state index contributed by atoms with van der Waals surface area (Å²) < 4.78 is 13.0. The van der Waals surface area contributed by atoms with Gasteiger partial charge in [-0.2, -0.15) is 0 Å². The van der Waals surface area contributed by atoms with E-state index >= 15 is 0 Å². The zero-order valence-corrected chi connectivity index (χ0v) is 16.4. The van der Waals surface area contributed by atoms with Gasteiger partial charge in [-0.1, -0.05) is 42.5 Å². The Morgan fingerprint density at radius 2 is 1.74 bits per heavy atom. The van der Waals surface area contributed by atoms with E-state index in [0.29, 0.717) is 30.3 Å². The first-order chi connectivity index (χ1) is 13.1. The Balaban J connectivity index is 1.66. The topological polar surface area (TPSA) is 38.8 Å². The van der Waals surface area contributed by atoms with E-state index in [0.717, 1.165) is 15.6 Å². The molecule has 2 aromatic carbocycles. The Kier molecular flexibility index (Phi) is 5.14. The molecule has 1 amide bonds. The zero-order chi connectivity index (χ0) is 18.8. The highest BCUT2D eigenvalue weighted by Crippen LogP contribution is 2.39. The van der Waals surface area contributed by atoms with Crippen LogP contribution in [0.1, 0.15) is 29.1 Å². The highest BCUT2D eigenvalue weighted by molar-refractivity contribution is 7.21. The van der Waals surface area contributed by atoms with E-state index in [9.17, 15) is 4.79 Å². The number of benzene rings is 2. The van der Waals surface area contributed by atoms with Gasteiger partial charge in [-0.15, -0.1) is 11.3 Å². The number of amides is 1. The van der Waals surface area contributed by atoms with Crippen LogP contribution in [0.25, 0.3) is 10.1 Å². The molecule has 3 aromatic rings. The van der Waals surface area contributed by atoms with Crippen LogP contribution < -0.4 is 4.74 Å². The van der Waals surface area contributed by atoms with Gasteiger partial charge in [-0.3, -0.25) is 4.79 Å². The summed E-state index contributed by atoms with van der Waals surface area (Å²) in [5.74, 6) is 0.720. The van der Waals surface area contributed by atoms with Gasteiger partial charge in [-0.05, 0) is 31.5 Å². The number of rotatable bonds is 4. The Hall–Kier alpha value is -2.37. The van der Waals surface area contributed by atoms with Crippen LogP contribution in [-0.4, -0.2) is 36.1 Å². The van der Waals surface area contributed by atoms with Crippen molar-refractivity contribution in [2.45, 2.75) is 32.7 Å². The van der Waals surface area contributed by atoms with Gasteiger partial charge in [0.25, 0.3) is 5.91 Å². The average molecular weight is 381 g/mol. The Labute approximate surface area is 163 Å².